The van der Waals surface area contributed by atoms with Gasteiger partial charge in [-0.05, 0) is 46.8 Å². The van der Waals surface area contributed by atoms with Crippen molar-refractivity contribution in [3.05, 3.63) is 11.9 Å². The molecule has 0 aromatic rings. The van der Waals surface area contributed by atoms with Crippen LogP contribution in [0.15, 0.2) is 11.9 Å². The van der Waals surface area contributed by atoms with Gasteiger partial charge in [0.2, 0.25) is 0 Å². The fourth-order valence-corrected chi connectivity index (χ4v) is 2.67. The van der Waals surface area contributed by atoms with Crippen LogP contribution in [0.25, 0.3) is 0 Å². The molecule has 0 bridgehead atoms. The molecule has 2 rings (SSSR count). The molecule has 0 aromatic heterocycles. The van der Waals surface area contributed by atoms with Crippen LogP contribution in [0.1, 0.15) is 33.1 Å². The van der Waals surface area contributed by atoms with Crippen molar-refractivity contribution in [1.29, 1.82) is 0 Å². The molecule has 0 radical (unpaired) electrons. The van der Waals surface area contributed by atoms with Crippen molar-refractivity contribution in [3.8, 4) is 0 Å². The molecular formula is C15H29N5O. The van der Waals surface area contributed by atoms with E-state index < -0.39 is 0 Å². The van der Waals surface area contributed by atoms with Crippen molar-refractivity contribution < 1.29 is 4.79 Å². The molecule has 0 unspecified atom stereocenters. The fraction of sp³-hybridized carbons (Fsp3) is 0.800. The van der Waals surface area contributed by atoms with Gasteiger partial charge in [-0.3, -0.25) is 0 Å². The highest BCUT2D eigenvalue weighted by atomic mass is 16.2. The van der Waals surface area contributed by atoms with Gasteiger partial charge in [0, 0.05) is 36.9 Å². The lowest BCUT2D eigenvalue weighted by atomic mass is 10.1. The maximum absolute atomic E-state index is 11.9. The zero-order valence-electron chi connectivity index (χ0n) is 13.5. The van der Waals surface area contributed by atoms with E-state index >= 15 is 0 Å². The topological polar surface area (TPSA) is 59.6 Å². The lowest BCUT2D eigenvalue weighted by molar-refractivity contribution is 0.214. The Morgan fingerprint density at radius 3 is 2.76 bits per heavy atom. The van der Waals surface area contributed by atoms with E-state index in [9.17, 15) is 4.79 Å². The van der Waals surface area contributed by atoms with E-state index in [0.717, 1.165) is 39.0 Å². The number of hydrogen-bond donors (Lipinski definition) is 3. The summed E-state index contributed by atoms with van der Waals surface area (Å²) in [4.78, 5) is 16.4. The summed E-state index contributed by atoms with van der Waals surface area (Å²) in [5.74, 6) is 0. The summed E-state index contributed by atoms with van der Waals surface area (Å²) in [5.41, 5.74) is 1.20. The summed E-state index contributed by atoms with van der Waals surface area (Å²) in [6.45, 7) is 8.01. The van der Waals surface area contributed by atoms with Gasteiger partial charge in [0.05, 0.1) is 6.67 Å². The van der Waals surface area contributed by atoms with Gasteiger partial charge in [0.15, 0.2) is 0 Å². The third-order valence-electron chi connectivity index (χ3n) is 4.21. The van der Waals surface area contributed by atoms with Crippen LogP contribution >= 0.6 is 0 Å². The van der Waals surface area contributed by atoms with Crippen LogP contribution < -0.4 is 16.0 Å². The molecule has 0 saturated carbocycles. The summed E-state index contributed by atoms with van der Waals surface area (Å²) >= 11 is 0. The van der Waals surface area contributed by atoms with Crippen LogP contribution in [0.4, 0.5) is 4.79 Å². The molecule has 0 spiro atoms. The molecule has 2 amide bonds. The van der Waals surface area contributed by atoms with Crippen molar-refractivity contribution in [3.63, 3.8) is 0 Å². The molecule has 21 heavy (non-hydrogen) atoms. The van der Waals surface area contributed by atoms with E-state index in [1.54, 1.807) is 0 Å². The number of nitrogens with zero attached hydrogens (tertiary/aromatic N) is 2. The number of rotatable bonds is 5. The van der Waals surface area contributed by atoms with Crippen molar-refractivity contribution in [2.45, 2.75) is 45.2 Å². The molecule has 3 N–H and O–H groups in total. The van der Waals surface area contributed by atoms with Gasteiger partial charge in [0.1, 0.15) is 0 Å². The minimum atomic E-state index is -0.0381. The van der Waals surface area contributed by atoms with Crippen molar-refractivity contribution in [1.82, 2.24) is 25.8 Å². The van der Waals surface area contributed by atoms with Crippen LogP contribution in [0, 0.1) is 0 Å². The van der Waals surface area contributed by atoms with Crippen LogP contribution in [0.2, 0.25) is 0 Å². The second-order valence-corrected chi connectivity index (χ2v) is 6.32. The molecule has 120 valence electrons. The Labute approximate surface area is 127 Å². The molecular weight excluding hydrogens is 266 g/mol. The lowest BCUT2D eigenvalue weighted by Gasteiger charge is -2.29. The number of carbonyl (C=O) groups excluding carboxylic acids is 1. The fourth-order valence-electron chi connectivity index (χ4n) is 2.67. The van der Waals surface area contributed by atoms with Gasteiger partial charge in [-0.2, -0.15) is 0 Å². The molecule has 6 nitrogen and oxygen atoms in total. The number of nitrogens with one attached hydrogen (secondary N) is 3. The molecule has 2 aliphatic rings. The minimum Gasteiger partial charge on any atom is -0.370 e. The van der Waals surface area contributed by atoms with E-state index in [1.165, 1.54) is 5.70 Å². The molecule has 1 fully saturated rings. The smallest absolute Gasteiger partial charge is 0.315 e. The average Bonchev–Trinajstić information content (AvgIpc) is 2.90. The van der Waals surface area contributed by atoms with Gasteiger partial charge in [0.25, 0.3) is 0 Å². The van der Waals surface area contributed by atoms with E-state index in [1.807, 2.05) is 0 Å². The van der Waals surface area contributed by atoms with Gasteiger partial charge in [-0.15, -0.1) is 0 Å². The van der Waals surface area contributed by atoms with Gasteiger partial charge in [-0.1, -0.05) is 0 Å². The van der Waals surface area contributed by atoms with Crippen LogP contribution in [-0.4, -0.2) is 61.3 Å². The Morgan fingerprint density at radius 1 is 1.43 bits per heavy atom. The van der Waals surface area contributed by atoms with Gasteiger partial charge in [-0.25, -0.2) is 4.79 Å². The summed E-state index contributed by atoms with van der Waals surface area (Å²) < 4.78 is 0. The first kappa shape index (κ1) is 15.9. The zero-order valence-corrected chi connectivity index (χ0v) is 13.5. The standard InChI is InChI=1S/C15H29N5O/c1-12(2)20-10-14(17-11-20)4-7-16-15(21)18-13-5-8-19(3)9-6-13/h10,12-13,17H,4-9,11H2,1-3H3,(H2,16,18,21). The number of urea groups is 1. The highest BCUT2D eigenvalue weighted by Crippen LogP contribution is 2.10. The van der Waals surface area contributed by atoms with Crippen LogP contribution in [-0.2, 0) is 0 Å². The van der Waals surface area contributed by atoms with Crippen LogP contribution in [0.3, 0.4) is 0 Å². The SMILES string of the molecule is CC(C)N1C=C(CCNC(=O)NC2CCN(C)CC2)NC1. The molecule has 0 aromatic carbocycles. The average molecular weight is 295 g/mol. The molecule has 2 heterocycles. The van der Waals surface area contributed by atoms with Crippen molar-refractivity contribution in [2.24, 2.45) is 0 Å². The lowest BCUT2D eigenvalue weighted by Crippen LogP contribution is -2.47. The molecule has 1 saturated heterocycles. The Balaban J connectivity index is 1.60. The quantitative estimate of drug-likeness (QED) is 0.705. The Bertz CT molecular complexity index is 374. The third kappa shape index (κ3) is 5.12. The normalized spacial score (nSPS) is 20.4. The first-order valence-corrected chi connectivity index (χ1v) is 7.98. The number of amides is 2. The third-order valence-corrected chi connectivity index (χ3v) is 4.21. The zero-order chi connectivity index (χ0) is 15.2. The van der Waals surface area contributed by atoms with Crippen molar-refractivity contribution >= 4 is 6.03 Å². The monoisotopic (exact) mass is 295 g/mol. The second kappa shape index (κ2) is 7.54. The molecule has 6 heteroatoms. The first-order chi connectivity index (χ1) is 10.0. The highest BCUT2D eigenvalue weighted by Gasteiger charge is 2.18. The van der Waals surface area contributed by atoms with Gasteiger partial charge < -0.3 is 25.8 Å². The molecule has 0 atom stereocenters. The first-order valence-electron chi connectivity index (χ1n) is 7.98. The van der Waals surface area contributed by atoms with E-state index in [4.69, 9.17) is 0 Å². The number of likely N-dealkylation sites (tertiary alicyclic amines) is 1. The summed E-state index contributed by atoms with van der Waals surface area (Å²) in [6, 6.07) is 0.793. The predicted octanol–water partition coefficient (Wildman–Crippen LogP) is 0.882. The Morgan fingerprint density at radius 2 is 2.14 bits per heavy atom. The summed E-state index contributed by atoms with van der Waals surface area (Å²) in [7, 11) is 2.12. The number of hydrogen-bond acceptors (Lipinski definition) is 4. The van der Waals surface area contributed by atoms with Gasteiger partial charge >= 0.3 is 6.03 Å². The van der Waals surface area contributed by atoms with Crippen molar-refractivity contribution in [2.75, 3.05) is 33.4 Å². The highest BCUT2D eigenvalue weighted by molar-refractivity contribution is 5.74. The predicted molar refractivity (Wildman–Crippen MR) is 84.7 cm³/mol. The number of carbonyl (C=O) groups is 1. The van der Waals surface area contributed by atoms with Crippen LogP contribution in [0.5, 0.6) is 0 Å². The van der Waals surface area contributed by atoms with E-state index in [-0.39, 0.29) is 6.03 Å². The largest absolute Gasteiger partial charge is 0.370 e. The maximum atomic E-state index is 11.9. The van der Waals surface area contributed by atoms with E-state index in [0.29, 0.717) is 18.6 Å². The summed E-state index contributed by atoms with van der Waals surface area (Å²) in [6.07, 6.45) is 5.09. The second-order valence-electron chi connectivity index (χ2n) is 6.32. The molecule has 0 aliphatic carbocycles. The maximum Gasteiger partial charge on any atom is 0.315 e. The Kier molecular flexibility index (Phi) is 5.73. The molecule has 2 aliphatic heterocycles. The Hall–Kier alpha value is -1.43. The summed E-state index contributed by atoms with van der Waals surface area (Å²) in [5, 5.41) is 9.37. The number of piperidine rings is 1. The van der Waals surface area contributed by atoms with E-state index in [2.05, 4.69) is 52.8 Å². The minimum absolute atomic E-state index is 0.0381.